The average molecular weight is 372 g/mol. The highest BCUT2D eigenvalue weighted by molar-refractivity contribution is 7.90. The Morgan fingerprint density at radius 2 is 2.04 bits per heavy atom. The standard InChI is InChI=1S/C17H20N6O2S/c1-26(24,25)12-6-7-14-13(9-12)17(20-11-19-14)18-10-16-22-21-15-5-3-2-4-8-23(15)16/h6-7,9,11H,2-5,8,10H2,1H3,(H,18,19,20). The van der Waals surface area contributed by atoms with Crippen molar-refractivity contribution in [1.29, 1.82) is 0 Å². The maximum atomic E-state index is 11.8. The molecule has 4 rings (SSSR count). The van der Waals surface area contributed by atoms with Crippen molar-refractivity contribution in [1.82, 2.24) is 24.7 Å². The lowest BCUT2D eigenvalue weighted by Crippen LogP contribution is -2.11. The minimum absolute atomic E-state index is 0.249. The Bertz CT molecular complexity index is 1060. The molecule has 0 aliphatic carbocycles. The van der Waals surface area contributed by atoms with Gasteiger partial charge in [0, 0.05) is 24.6 Å². The second-order valence-corrected chi connectivity index (χ2v) is 8.54. The molecule has 0 amide bonds. The first kappa shape index (κ1) is 16.9. The van der Waals surface area contributed by atoms with Gasteiger partial charge in [-0.2, -0.15) is 0 Å². The molecule has 1 aromatic carbocycles. The number of nitrogens with one attached hydrogen (secondary N) is 1. The first-order chi connectivity index (χ1) is 12.5. The van der Waals surface area contributed by atoms with Gasteiger partial charge in [-0.25, -0.2) is 18.4 Å². The third kappa shape index (κ3) is 3.26. The van der Waals surface area contributed by atoms with Gasteiger partial charge in [-0.3, -0.25) is 0 Å². The monoisotopic (exact) mass is 372 g/mol. The zero-order valence-corrected chi connectivity index (χ0v) is 15.3. The molecule has 0 bridgehead atoms. The molecular weight excluding hydrogens is 352 g/mol. The first-order valence-electron chi connectivity index (χ1n) is 8.62. The van der Waals surface area contributed by atoms with E-state index in [1.165, 1.54) is 19.0 Å². The third-order valence-corrected chi connectivity index (χ3v) is 5.75. The lowest BCUT2D eigenvalue weighted by molar-refractivity contribution is 0.602. The summed E-state index contributed by atoms with van der Waals surface area (Å²) < 4.78 is 25.9. The molecule has 0 atom stereocenters. The van der Waals surface area contributed by atoms with Crippen molar-refractivity contribution in [2.45, 2.75) is 43.7 Å². The Labute approximate surface area is 151 Å². The SMILES string of the molecule is CS(=O)(=O)c1ccc2ncnc(NCc3nnc4n3CCCCC4)c2c1. The number of fused-ring (bicyclic) bond motifs is 2. The zero-order valence-electron chi connectivity index (χ0n) is 14.5. The van der Waals surface area contributed by atoms with Crippen LogP contribution in [-0.2, 0) is 29.3 Å². The largest absolute Gasteiger partial charge is 0.362 e. The van der Waals surface area contributed by atoms with E-state index in [0.29, 0.717) is 23.3 Å². The van der Waals surface area contributed by atoms with Crippen LogP contribution < -0.4 is 5.32 Å². The van der Waals surface area contributed by atoms with E-state index in [9.17, 15) is 8.42 Å². The van der Waals surface area contributed by atoms with E-state index >= 15 is 0 Å². The summed E-state index contributed by atoms with van der Waals surface area (Å²) in [5.41, 5.74) is 0.690. The van der Waals surface area contributed by atoms with Crippen LogP contribution in [0.5, 0.6) is 0 Å². The minimum atomic E-state index is -3.30. The number of nitrogens with zero attached hydrogens (tertiary/aromatic N) is 5. The maximum absolute atomic E-state index is 11.8. The van der Waals surface area contributed by atoms with Gasteiger partial charge in [0.1, 0.15) is 18.0 Å². The van der Waals surface area contributed by atoms with Crippen LogP contribution in [0.4, 0.5) is 5.82 Å². The molecule has 0 fully saturated rings. The van der Waals surface area contributed by atoms with Crippen molar-refractivity contribution in [3.05, 3.63) is 36.2 Å². The highest BCUT2D eigenvalue weighted by atomic mass is 32.2. The normalized spacial score (nSPS) is 14.8. The van der Waals surface area contributed by atoms with Gasteiger partial charge in [-0.1, -0.05) is 6.42 Å². The summed E-state index contributed by atoms with van der Waals surface area (Å²) in [6, 6.07) is 4.87. The first-order valence-corrected chi connectivity index (χ1v) is 10.5. The fourth-order valence-corrected chi connectivity index (χ4v) is 3.89. The van der Waals surface area contributed by atoms with E-state index in [2.05, 4.69) is 30.0 Å². The van der Waals surface area contributed by atoms with Crippen LogP contribution in [0.2, 0.25) is 0 Å². The zero-order chi connectivity index (χ0) is 18.1. The van der Waals surface area contributed by atoms with Gasteiger partial charge in [-0.05, 0) is 31.0 Å². The molecule has 1 N–H and O–H groups in total. The maximum Gasteiger partial charge on any atom is 0.175 e. The number of hydrogen-bond donors (Lipinski definition) is 1. The predicted molar refractivity (Wildman–Crippen MR) is 97.6 cm³/mol. The van der Waals surface area contributed by atoms with E-state index in [1.807, 2.05) is 0 Å². The lowest BCUT2D eigenvalue weighted by atomic mass is 10.2. The molecule has 0 saturated carbocycles. The van der Waals surface area contributed by atoms with Crippen LogP contribution in [0.25, 0.3) is 10.9 Å². The van der Waals surface area contributed by atoms with Gasteiger partial charge in [0.15, 0.2) is 15.7 Å². The molecule has 1 aliphatic rings. The molecule has 0 radical (unpaired) electrons. The van der Waals surface area contributed by atoms with Gasteiger partial charge >= 0.3 is 0 Å². The number of anilines is 1. The summed E-state index contributed by atoms with van der Waals surface area (Å²) in [5, 5.41) is 12.5. The Balaban J connectivity index is 1.64. The highest BCUT2D eigenvalue weighted by Gasteiger charge is 2.15. The fraction of sp³-hybridized carbons (Fsp3) is 0.412. The highest BCUT2D eigenvalue weighted by Crippen LogP contribution is 2.23. The molecule has 0 spiro atoms. The van der Waals surface area contributed by atoms with Gasteiger partial charge in [0.2, 0.25) is 0 Å². The number of sulfone groups is 1. The average Bonchev–Trinajstić information content (AvgIpc) is 2.85. The molecule has 8 nitrogen and oxygen atoms in total. The van der Waals surface area contributed by atoms with Crippen LogP contribution in [-0.4, -0.2) is 39.4 Å². The summed E-state index contributed by atoms with van der Waals surface area (Å²) in [5.74, 6) is 2.49. The number of rotatable bonds is 4. The molecule has 2 aromatic heterocycles. The van der Waals surface area contributed by atoms with Crippen LogP contribution in [0.3, 0.4) is 0 Å². The molecule has 0 saturated heterocycles. The smallest absolute Gasteiger partial charge is 0.175 e. The Hall–Kier alpha value is -2.55. The summed E-state index contributed by atoms with van der Waals surface area (Å²) in [6.07, 6.45) is 7.11. The minimum Gasteiger partial charge on any atom is -0.362 e. The lowest BCUT2D eigenvalue weighted by Gasteiger charge is -2.10. The van der Waals surface area contributed by atoms with Crippen LogP contribution in [0.15, 0.2) is 29.4 Å². The van der Waals surface area contributed by atoms with Crippen LogP contribution in [0.1, 0.15) is 30.9 Å². The molecular formula is C17H20N6O2S. The van der Waals surface area contributed by atoms with Crippen molar-refractivity contribution in [2.75, 3.05) is 11.6 Å². The quantitative estimate of drug-likeness (QED) is 0.747. The second kappa shape index (κ2) is 6.64. The number of benzene rings is 1. The van der Waals surface area contributed by atoms with Crippen LogP contribution in [0, 0.1) is 0 Å². The summed E-state index contributed by atoms with van der Waals surface area (Å²) >= 11 is 0. The van der Waals surface area contributed by atoms with E-state index in [1.54, 1.807) is 18.2 Å². The van der Waals surface area contributed by atoms with E-state index in [0.717, 1.165) is 37.5 Å². The topological polar surface area (TPSA) is 103 Å². The third-order valence-electron chi connectivity index (χ3n) is 4.64. The van der Waals surface area contributed by atoms with Gasteiger partial charge < -0.3 is 9.88 Å². The van der Waals surface area contributed by atoms with Crippen molar-refractivity contribution in [2.24, 2.45) is 0 Å². The summed E-state index contributed by atoms with van der Waals surface area (Å²) in [7, 11) is -3.30. The van der Waals surface area contributed by atoms with Gasteiger partial charge in [-0.15, -0.1) is 10.2 Å². The second-order valence-electron chi connectivity index (χ2n) is 6.52. The van der Waals surface area contributed by atoms with Crippen molar-refractivity contribution in [3.8, 4) is 0 Å². The molecule has 0 unspecified atom stereocenters. The molecule has 136 valence electrons. The summed E-state index contributed by atoms with van der Waals surface area (Å²) in [4.78, 5) is 8.75. The molecule has 9 heteroatoms. The molecule has 1 aliphatic heterocycles. The molecule has 3 heterocycles. The predicted octanol–water partition coefficient (Wildman–Crippen LogP) is 1.96. The Morgan fingerprint density at radius 3 is 2.88 bits per heavy atom. The molecule has 3 aromatic rings. The Kier molecular flexibility index (Phi) is 4.31. The number of aromatic nitrogens is 5. The van der Waals surface area contributed by atoms with Gasteiger partial charge in [0.25, 0.3) is 0 Å². The Morgan fingerprint density at radius 1 is 1.15 bits per heavy atom. The van der Waals surface area contributed by atoms with Gasteiger partial charge in [0.05, 0.1) is 17.0 Å². The van der Waals surface area contributed by atoms with E-state index < -0.39 is 9.84 Å². The van der Waals surface area contributed by atoms with E-state index in [-0.39, 0.29) is 4.90 Å². The van der Waals surface area contributed by atoms with Crippen LogP contribution >= 0.6 is 0 Å². The number of hydrogen-bond acceptors (Lipinski definition) is 7. The van der Waals surface area contributed by atoms with Crippen molar-refractivity contribution in [3.63, 3.8) is 0 Å². The fourth-order valence-electron chi connectivity index (χ4n) is 3.25. The molecule has 26 heavy (non-hydrogen) atoms. The number of aryl methyl sites for hydroxylation is 1. The summed E-state index contributed by atoms with van der Waals surface area (Å²) in [6.45, 7) is 1.41. The van der Waals surface area contributed by atoms with E-state index in [4.69, 9.17) is 0 Å². The van der Waals surface area contributed by atoms with Crippen molar-refractivity contribution < 1.29 is 8.42 Å². The van der Waals surface area contributed by atoms with Crippen molar-refractivity contribution >= 4 is 26.6 Å².